The van der Waals surface area contributed by atoms with E-state index in [0.717, 1.165) is 12.8 Å². The van der Waals surface area contributed by atoms with Crippen molar-refractivity contribution in [2.45, 2.75) is 51.9 Å². The van der Waals surface area contributed by atoms with E-state index in [0.29, 0.717) is 13.0 Å². The van der Waals surface area contributed by atoms with Crippen LogP contribution in [0.5, 0.6) is 0 Å². The van der Waals surface area contributed by atoms with Crippen molar-refractivity contribution in [1.82, 2.24) is 0 Å². The maximum atomic E-state index is 11.0. The van der Waals surface area contributed by atoms with Crippen LogP contribution in [-0.2, 0) is 9.53 Å². The average Bonchev–Trinajstić information content (AvgIpc) is 2.65. The van der Waals surface area contributed by atoms with Crippen LogP contribution in [0.1, 0.15) is 51.9 Å². The van der Waals surface area contributed by atoms with Gasteiger partial charge in [-0.25, -0.2) is 0 Å². The number of esters is 1. The van der Waals surface area contributed by atoms with Crippen LogP contribution in [0.2, 0.25) is 0 Å². The Balaban J connectivity index is 1.96. The molecule has 0 unspecified atom stereocenters. The Morgan fingerprint density at radius 3 is 3.00 bits per heavy atom. The Bertz CT molecular complexity index is 206. The molecule has 0 radical (unpaired) electrons. The predicted octanol–water partition coefficient (Wildman–Crippen LogP) is 3.22. The van der Waals surface area contributed by atoms with Gasteiger partial charge in [-0.15, -0.1) is 0 Å². The van der Waals surface area contributed by atoms with Gasteiger partial charge in [0.15, 0.2) is 0 Å². The zero-order valence-corrected chi connectivity index (χ0v) is 9.05. The number of carbonyl (C=O) groups excluding carboxylic acids is 1. The molecule has 0 bridgehead atoms. The Kier molecular flexibility index (Phi) is 5.35. The molecule has 0 aromatic carbocycles. The molecule has 0 atom stereocenters. The molecule has 0 fully saturated rings. The fourth-order valence-electron chi connectivity index (χ4n) is 1.82. The molecule has 2 nitrogen and oxygen atoms in total. The summed E-state index contributed by atoms with van der Waals surface area (Å²) in [6.07, 6.45) is 10.1. The SMILES string of the molecule is CCOC(=O)CCCCC1=CCCC1. The van der Waals surface area contributed by atoms with Gasteiger partial charge in [-0.2, -0.15) is 0 Å². The van der Waals surface area contributed by atoms with Crippen LogP contribution >= 0.6 is 0 Å². The Morgan fingerprint density at radius 2 is 2.36 bits per heavy atom. The summed E-state index contributed by atoms with van der Waals surface area (Å²) in [5.74, 6) is -0.0482. The highest BCUT2D eigenvalue weighted by atomic mass is 16.5. The van der Waals surface area contributed by atoms with Gasteiger partial charge in [0.05, 0.1) is 6.61 Å². The first-order chi connectivity index (χ1) is 6.83. The fraction of sp³-hybridized carbons (Fsp3) is 0.750. The van der Waals surface area contributed by atoms with Gasteiger partial charge in [0.2, 0.25) is 0 Å². The molecule has 14 heavy (non-hydrogen) atoms. The number of allylic oxidation sites excluding steroid dienone is 2. The van der Waals surface area contributed by atoms with Crippen molar-refractivity contribution in [3.05, 3.63) is 11.6 Å². The van der Waals surface area contributed by atoms with Gasteiger partial charge < -0.3 is 4.74 Å². The Hall–Kier alpha value is -0.790. The minimum absolute atomic E-state index is 0.0482. The van der Waals surface area contributed by atoms with Crippen LogP contribution in [0.4, 0.5) is 0 Å². The minimum atomic E-state index is -0.0482. The summed E-state index contributed by atoms with van der Waals surface area (Å²) < 4.78 is 4.86. The molecule has 0 spiro atoms. The second-order valence-electron chi connectivity index (χ2n) is 3.77. The third-order valence-electron chi connectivity index (χ3n) is 2.57. The molecule has 0 heterocycles. The summed E-state index contributed by atoms with van der Waals surface area (Å²) in [5, 5.41) is 0. The number of carbonyl (C=O) groups is 1. The molecule has 0 N–H and O–H groups in total. The van der Waals surface area contributed by atoms with Gasteiger partial charge in [0.25, 0.3) is 0 Å². The standard InChI is InChI=1S/C12H20O2/c1-2-14-12(13)10-6-5-9-11-7-3-4-8-11/h7H,2-6,8-10H2,1H3. The Morgan fingerprint density at radius 1 is 1.50 bits per heavy atom. The molecular weight excluding hydrogens is 176 g/mol. The van der Waals surface area contributed by atoms with Gasteiger partial charge in [0, 0.05) is 6.42 Å². The molecule has 0 aromatic heterocycles. The van der Waals surface area contributed by atoms with E-state index in [1.807, 2.05) is 6.92 Å². The van der Waals surface area contributed by atoms with Gasteiger partial charge >= 0.3 is 5.97 Å². The van der Waals surface area contributed by atoms with Crippen molar-refractivity contribution in [3.8, 4) is 0 Å². The lowest BCUT2D eigenvalue weighted by molar-refractivity contribution is -0.143. The normalized spacial score (nSPS) is 15.4. The zero-order chi connectivity index (χ0) is 10.2. The molecule has 0 saturated carbocycles. The summed E-state index contributed by atoms with van der Waals surface area (Å²) in [5.41, 5.74) is 1.59. The topological polar surface area (TPSA) is 26.3 Å². The maximum Gasteiger partial charge on any atom is 0.305 e. The number of rotatable bonds is 6. The molecule has 0 aliphatic heterocycles. The first-order valence-electron chi connectivity index (χ1n) is 5.66. The molecule has 0 saturated heterocycles. The molecule has 80 valence electrons. The third-order valence-corrected chi connectivity index (χ3v) is 2.57. The van der Waals surface area contributed by atoms with E-state index in [1.54, 1.807) is 5.57 Å². The lowest BCUT2D eigenvalue weighted by Gasteiger charge is -2.02. The molecule has 1 rings (SSSR count). The van der Waals surface area contributed by atoms with Crippen LogP contribution in [-0.4, -0.2) is 12.6 Å². The molecule has 0 amide bonds. The van der Waals surface area contributed by atoms with Crippen LogP contribution in [0.25, 0.3) is 0 Å². The smallest absolute Gasteiger partial charge is 0.305 e. The van der Waals surface area contributed by atoms with Crippen molar-refractivity contribution >= 4 is 5.97 Å². The van der Waals surface area contributed by atoms with Crippen molar-refractivity contribution in [2.24, 2.45) is 0 Å². The second kappa shape index (κ2) is 6.63. The Labute approximate surface area is 86.3 Å². The highest BCUT2D eigenvalue weighted by Gasteiger charge is 2.05. The summed E-state index contributed by atoms with van der Waals surface area (Å²) >= 11 is 0. The van der Waals surface area contributed by atoms with Crippen molar-refractivity contribution in [3.63, 3.8) is 0 Å². The van der Waals surface area contributed by atoms with Crippen molar-refractivity contribution in [2.75, 3.05) is 6.61 Å². The maximum absolute atomic E-state index is 11.0. The van der Waals surface area contributed by atoms with E-state index < -0.39 is 0 Å². The van der Waals surface area contributed by atoms with Crippen molar-refractivity contribution in [1.29, 1.82) is 0 Å². The first-order valence-corrected chi connectivity index (χ1v) is 5.66. The lowest BCUT2D eigenvalue weighted by atomic mass is 10.1. The zero-order valence-electron chi connectivity index (χ0n) is 9.05. The second-order valence-corrected chi connectivity index (χ2v) is 3.77. The molecular formula is C12H20O2. The summed E-state index contributed by atoms with van der Waals surface area (Å²) in [6, 6.07) is 0. The molecule has 0 aromatic rings. The van der Waals surface area contributed by atoms with Gasteiger partial charge in [-0.05, 0) is 45.4 Å². The molecule has 2 heteroatoms. The van der Waals surface area contributed by atoms with Crippen LogP contribution in [0.3, 0.4) is 0 Å². The van der Waals surface area contributed by atoms with Gasteiger partial charge in [-0.3, -0.25) is 4.79 Å². The number of hydrogen-bond donors (Lipinski definition) is 0. The lowest BCUT2D eigenvalue weighted by Crippen LogP contribution is -2.03. The average molecular weight is 196 g/mol. The molecule has 1 aliphatic rings. The van der Waals surface area contributed by atoms with Crippen molar-refractivity contribution < 1.29 is 9.53 Å². The predicted molar refractivity (Wildman–Crippen MR) is 57.0 cm³/mol. The van der Waals surface area contributed by atoms with Crippen LogP contribution < -0.4 is 0 Å². The van der Waals surface area contributed by atoms with Gasteiger partial charge in [0.1, 0.15) is 0 Å². The number of ether oxygens (including phenoxy) is 1. The minimum Gasteiger partial charge on any atom is -0.466 e. The summed E-state index contributed by atoms with van der Waals surface area (Å²) in [4.78, 5) is 11.0. The summed E-state index contributed by atoms with van der Waals surface area (Å²) in [7, 11) is 0. The van der Waals surface area contributed by atoms with E-state index in [1.165, 1.54) is 25.7 Å². The quantitative estimate of drug-likeness (QED) is 0.370. The largest absolute Gasteiger partial charge is 0.466 e. The van der Waals surface area contributed by atoms with Crippen LogP contribution in [0.15, 0.2) is 11.6 Å². The van der Waals surface area contributed by atoms with Crippen LogP contribution in [0, 0.1) is 0 Å². The monoisotopic (exact) mass is 196 g/mol. The number of hydrogen-bond acceptors (Lipinski definition) is 2. The van der Waals surface area contributed by atoms with E-state index in [4.69, 9.17) is 4.74 Å². The highest BCUT2D eigenvalue weighted by Crippen LogP contribution is 2.22. The summed E-state index contributed by atoms with van der Waals surface area (Å²) in [6.45, 7) is 2.35. The van der Waals surface area contributed by atoms with E-state index in [-0.39, 0.29) is 5.97 Å². The van der Waals surface area contributed by atoms with E-state index >= 15 is 0 Å². The highest BCUT2D eigenvalue weighted by molar-refractivity contribution is 5.69. The molecule has 1 aliphatic carbocycles. The van der Waals surface area contributed by atoms with Gasteiger partial charge in [-0.1, -0.05) is 11.6 Å². The fourth-order valence-corrected chi connectivity index (χ4v) is 1.82. The number of unbranched alkanes of at least 4 members (excludes halogenated alkanes) is 1. The van der Waals surface area contributed by atoms with E-state index in [2.05, 4.69) is 6.08 Å². The third kappa shape index (κ3) is 4.45. The first kappa shape index (κ1) is 11.3. The van der Waals surface area contributed by atoms with E-state index in [9.17, 15) is 4.79 Å².